The van der Waals surface area contributed by atoms with Crippen LogP contribution in [0.15, 0.2) is 24.4 Å². The minimum atomic E-state index is -0.570. The van der Waals surface area contributed by atoms with Crippen LogP contribution in [0, 0.1) is 10.1 Å². The molecule has 0 saturated heterocycles. The van der Waals surface area contributed by atoms with E-state index in [0.717, 1.165) is 6.20 Å². The van der Waals surface area contributed by atoms with E-state index in [1.54, 1.807) is 18.2 Å². The maximum absolute atomic E-state index is 10.0. The molecule has 1 aromatic carbocycles. The van der Waals surface area contributed by atoms with Gasteiger partial charge in [0.2, 0.25) is 6.20 Å². The predicted octanol–water partition coefficient (Wildman–Crippen LogP) is 3.24. The summed E-state index contributed by atoms with van der Waals surface area (Å²) < 4.78 is 0. The fourth-order valence-electron chi connectivity index (χ4n) is 0.805. The molecular weight excluding hydrogens is 213 g/mol. The summed E-state index contributed by atoms with van der Waals surface area (Å²) in [7, 11) is 0. The van der Waals surface area contributed by atoms with Crippen LogP contribution < -0.4 is 0 Å². The molecule has 0 aliphatic heterocycles. The molecule has 0 unspecified atom stereocenters. The van der Waals surface area contributed by atoms with Crippen LogP contribution in [-0.2, 0) is 0 Å². The van der Waals surface area contributed by atoms with Gasteiger partial charge in [-0.15, -0.1) is 0 Å². The fourth-order valence-corrected chi connectivity index (χ4v) is 1.33. The number of hydrogen-bond acceptors (Lipinski definition) is 2. The average molecular weight is 218 g/mol. The van der Waals surface area contributed by atoms with Gasteiger partial charge in [-0.25, -0.2) is 0 Å². The van der Waals surface area contributed by atoms with Gasteiger partial charge in [0, 0.05) is 21.7 Å². The van der Waals surface area contributed by atoms with Crippen molar-refractivity contribution in [3.8, 4) is 0 Å². The van der Waals surface area contributed by atoms with E-state index in [1.165, 1.54) is 6.08 Å². The summed E-state index contributed by atoms with van der Waals surface area (Å²) in [5, 5.41) is 10.8. The lowest BCUT2D eigenvalue weighted by atomic mass is 10.2. The van der Waals surface area contributed by atoms with Gasteiger partial charge in [-0.1, -0.05) is 29.3 Å². The monoisotopic (exact) mass is 217 g/mol. The van der Waals surface area contributed by atoms with E-state index in [4.69, 9.17) is 23.2 Å². The number of rotatable bonds is 2. The van der Waals surface area contributed by atoms with Crippen LogP contribution in [0.2, 0.25) is 10.0 Å². The second kappa shape index (κ2) is 4.25. The molecule has 0 N–H and O–H groups in total. The molecule has 0 heterocycles. The summed E-state index contributed by atoms with van der Waals surface area (Å²) in [4.78, 5) is 9.46. The van der Waals surface area contributed by atoms with Gasteiger partial charge >= 0.3 is 0 Å². The predicted molar refractivity (Wildman–Crippen MR) is 52.5 cm³/mol. The number of hydrogen-bond donors (Lipinski definition) is 0. The highest BCUT2D eigenvalue weighted by Gasteiger charge is 2.02. The second-order valence-corrected chi connectivity index (χ2v) is 3.05. The van der Waals surface area contributed by atoms with Gasteiger partial charge in [-0.3, -0.25) is 10.1 Å². The average Bonchev–Trinajstić information content (AvgIpc) is 2.03. The molecule has 0 aromatic heterocycles. The van der Waals surface area contributed by atoms with Crippen LogP contribution in [0.4, 0.5) is 0 Å². The van der Waals surface area contributed by atoms with Crippen molar-refractivity contribution >= 4 is 29.3 Å². The Kier molecular flexibility index (Phi) is 3.28. The first-order valence-corrected chi connectivity index (χ1v) is 4.12. The summed E-state index contributed by atoms with van der Waals surface area (Å²) in [6.45, 7) is 0. The van der Waals surface area contributed by atoms with Crippen LogP contribution >= 0.6 is 23.2 Å². The third kappa shape index (κ3) is 2.72. The Balaban J connectivity index is 3.06. The Morgan fingerprint density at radius 1 is 1.31 bits per heavy atom. The van der Waals surface area contributed by atoms with Crippen LogP contribution in [-0.4, -0.2) is 4.92 Å². The van der Waals surface area contributed by atoms with Crippen LogP contribution in [0.1, 0.15) is 5.56 Å². The molecule has 13 heavy (non-hydrogen) atoms. The first-order valence-electron chi connectivity index (χ1n) is 3.37. The van der Waals surface area contributed by atoms with Crippen LogP contribution in [0.25, 0.3) is 6.08 Å². The van der Waals surface area contributed by atoms with Gasteiger partial charge in [-0.05, 0) is 12.1 Å². The van der Waals surface area contributed by atoms with Gasteiger partial charge in [0.1, 0.15) is 0 Å². The Morgan fingerprint density at radius 3 is 2.31 bits per heavy atom. The van der Waals surface area contributed by atoms with E-state index in [0.29, 0.717) is 15.6 Å². The highest BCUT2D eigenvalue weighted by molar-refractivity contribution is 6.37. The summed E-state index contributed by atoms with van der Waals surface area (Å²) >= 11 is 11.5. The fraction of sp³-hybridized carbons (Fsp3) is 0. The molecule has 1 aromatic rings. The van der Waals surface area contributed by atoms with E-state index in [1.807, 2.05) is 0 Å². The molecule has 0 bridgehead atoms. The van der Waals surface area contributed by atoms with E-state index in [2.05, 4.69) is 0 Å². The van der Waals surface area contributed by atoms with Gasteiger partial charge in [0.15, 0.2) is 0 Å². The van der Waals surface area contributed by atoms with Crippen molar-refractivity contribution in [2.24, 2.45) is 0 Å². The van der Waals surface area contributed by atoms with Crippen molar-refractivity contribution in [3.05, 3.63) is 50.1 Å². The molecule has 0 saturated carbocycles. The highest BCUT2D eigenvalue weighted by atomic mass is 35.5. The number of nitrogens with zero attached hydrogens (tertiary/aromatic N) is 1. The van der Waals surface area contributed by atoms with Crippen LogP contribution in [0.3, 0.4) is 0 Å². The Morgan fingerprint density at radius 2 is 1.85 bits per heavy atom. The van der Waals surface area contributed by atoms with Crippen molar-refractivity contribution in [3.63, 3.8) is 0 Å². The zero-order valence-electron chi connectivity index (χ0n) is 6.41. The molecular formula is C8H5Cl2NO2. The minimum Gasteiger partial charge on any atom is -0.259 e. The lowest BCUT2D eigenvalue weighted by molar-refractivity contribution is -0.400. The molecule has 0 aliphatic carbocycles. The van der Waals surface area contributed by atoms with E-state index < -0.39 is 4.92 Å². The molecule has 0 aliphatic rings. The molecule has 68 valence electrons. The van der Waals surface area contributed by atoms with Crippen molar-refractivity contribution in [2.75, 3.05) is 0 Å². The maximum atomic E-state index is 10.0. The smallest absolute Gasteiger partial charge is 0.235 e. The minimum absolute atomic E-state index is 0.394. The molecule has 5 heteroatoms. The Hall–Kier alpha value is -1.06. The van der Waals surface area contributed by atoms with Crippen LogP contribution in [0.5, 0.6) is 0 Å². The van der Waals surface area contributed by atoms with Gasteiger partial charge in [0.05, 0.1) is 4.92 Å². The molecule has 3 nitrogen and oxygen atoms in total. The van der Waals surface area contributed by atoms with Gasteiger partial charge in [0.25, 0.3) is 0 Å². The summed E-state index contributed by atoms with van der Waals surface area (Å²) in [6, 6.07) is 4.91. The first kappa shape index (κ1) is 10.0. The van der Waals surface area contributed by atoms with Crippen molar-refractivity contribution in [1.29, 1.82) is 0 Å². The molecule has 0 fully saturated rings. The Bertz CT molecular complexity index is 343. The maximum Gasteiger partial charge on any atom is 0.235 e. The first-order chi connectivity index (χ1) is 6.11. The summed E-state index contributed by atoms with van der Waals surface area (Å²) in [6.07, 6.45) is 2.07. The molecule has 0 amide bonds. The summed E-state index contributed by atoms with van der Waals surface area (Å²) in [5.41, 5.74) is 0.461. The number of benzene rings is 1. The number of halogens is 2. The van der Waals surface area contributed by atoms with Crippen molar-refractivity contribution < 1.29 is 4.92 Å². The lowest BCUT2D eigenvalue weighted by Crippen LogP contribution is -1.83. The topological polar surface area (TPSA) is 43.1 Å². The van der Waals surface area contributed by atoms with Gasteiger partial charge < -0.3 is 0 Å². The number of nitro groups is 1. The summed E-state index contributed by atoms with van der Waals surface area (Å²) in [5.74, 6) is 0. The Labute approximate surface area is 84.7 Å². The lowest BCUT2D eigenvalue weighted by Gasteiger charge is -1.98. The molecule has 1 rings (SSSR count). The van der Waals surface area contributed by atoms with E-state index in [-0.39, 0.29) is 0 Å². The SMILES string of the molecule is O=[N+]([O-])/C=C/c1c(Cl)cccc1Cl. The second-order valence-electron chi connectivity index (χ2n) is 2.24. The van der Waals surface area contributed by atoms with Crippen molar-refractivity contribution in [2.45, 2.75) is 0 Å². The normalized spacial score (nSPS) is 10.6. The highest BCUT2D eigenvalue weighted by Crippen LogP contribution is 2.25. The standard InChI is InChI=1S/C8H5Cl2NO2/c9-7-2-1-3-8(10)6(7)4-5-11(12)13/h1-5H/b5-4+. The molecule has 0 atom stereocenters. The zero-order chi connectivity index (χ0) is 9.84. The zero-order valence-corrected chi connectivity index (χ0v) is 7.92. The van der Waals surface area contributed by atoms with Crippen molar-refractivity contribution in [1.82, 2.24) is 0 Å². The third-order valence-corrected chi connectivity index (χ3v) is 2.02. The van der Waals surface area contributed by atoms with E-state index >= 15 is 0 Å². The molecule has 0 radical (unpaired) electrons. The molecule has 0 spiro atoms. The van der Waals surface area contributed by atoms with E-state index in [9.17, 15) is 10.1 Å². The largest absolute Gasteiger partial charge is 0.259 e. The third-order valence-electron chi connectivity index (χ3n) is 1.36. The quantitative estimate of drug-likeness (QED) is 0.564. The van der Waals surface area contributed by atoms with Gasteiger partial charge in [-0.2, -0.15) is 0 Å².